The van der Waals surface area contributed by atoms with Gasteiger partial charge in [0.1, 0.15) is 0 Å². The second kappa shape index (κ2) is 9.16. The maximum atomic E-state index is 3.62. The molecule has 8 aromatic carbocycles. The summed E-state index contributed by atoms with van der Waals surface area (Å²) in [7, 11) is 0. The number of rotatable bonds is 3. The first-order valence-electron chi connectivity index (χ1n) is 14.8. The SMILES string of the molecule is [c]1cccc2c1-c1ccccc1C2C(c1cccc2cc3ccccc3cc12)c1cccc2cc3ccccc3cc12. The lowest BCUT2D eigenvalue weighted by atomic mass is 9.73. The fraction of sp³-hybridized carbons (Fsp3) is 0.0476. The average molecular weight is 532 g/mol. The second-order valence-electron chi connectivity index (χ2n) is 11.6. The fourth-order valence-corrected chi connectivity index (χ4v) is 7.52. The van der Waals surface area contributed by atoms with Gasteiger partial charge in [0, 0.05) is 11.8 Å². The van der Waals surface area contributed by atoms with Crippen LogP contribution in [0.15, 0.2) is 152 Å². The van der Waals surface area contributed by atoms with Crippen molar-refractivity contribution in [2.75, 3.05) is 0 Å². The summed E-state index contributed by atoms with van der Waals surface area (Å²) in [5, 5.41) is 10.3. The van der Waals surface area contributed by atoms with Crippen LogP contribution in [0, 0.1) is 6.07 Å². The minimum absolute atomic E-state index is 0.109. The predicted octanol–water partition coefficient (Wildman–Crippen LogP) is 11.0. The number of fused-ring (bicyclic) bond motifs is 7. The van der Waals surface area contributed by atoms with Crippen LogP contribution in [0.2, 0.25) is 0 Å². The molecule has 1 radical (unpaired) electrons. The molecule has 1 unspecified atom stereocenters. The zero-order valence-corrected chi connectivity index (χ0v) is 23.1. The van der Waals surface area contributed by atoms with Crippen LogP contribution in [0.4, 0.5) is 0 Å². The Bertz CT molecular complexity index is 2160. The third-order valence-corrected chi connectivity index (χ3v) is 9.35. The standard InChI is InChI=1S/C42H27/c1-3-13-29-25-39-31(23-27(29)11-1)15-9-21-37(39)42(41-35-19-7-5-17-33(35)34-18-6-8-20-36(34)41)38-22-10-16-32-24-28-12-2-4-14-30(28)26-40(32)38/h1-17,19-26,41-42H. The highest BCUT2D eigenvalue weighted by Crippen LogP contribution is 2.54. The van der Waals surface area contributed by atoms with E-state index < -0.39 is 0 Å². The highest BCUT2D eigenvalue weighted by atomic mass is 14.4. The molecule has 0 spiro atoms. The van der Waals surface area contributed by atoms with Crippen molar-refractivity contribution in [1.29, 1.82) is 0 Å². The topological polar surface area (TPSA) is 0 Å². The molecule has 0 heteroatoms. The Labute approximate surface area is 245 Å². The Morgan fingerprint density at radius 3 is 1.55 bits per heavy atom. The molecule has 0 aromatic heterocycles. The van der Waals surface area contributed by atoms with Gasteiger partial charge in [0.15, 0.2) is 0 Å². The van der Waals surface area contributed by atoms with Gasteiger partial charge in [-0.2, -0.15) is 0 Å². The van der Waals surface area contributed by atoms with Crippen molar-refractivity contribution in [1.82, 2.24) is 0 Å². The van der Waals surface area contributed by atoms with Crippen molar-refractivity contribution < 1.29 is 0 Å². The van der Waals surface area contributed by atoms with E-state index in [1.54, 1.807) is 0 Å². The molecule has 0 nitrogen and oxygen atoms in total. The molecule has 0 aliphatic heterocycles. The van der Waals surface area contributed by atoms with E-state index in [1.165, 1.54) is 76.5 Å². The van der Waals surface area contributed by atoms with Crippen LogP contribution in [0.25, 0.3) is 54.2 Å². The minimum Gasteiger partial charge on any atom is -0.0619 e. The van der Waals surface area contributed by atoms with E-state index in [9.17, 15) is 0 Å². The third kappa shape index (κ3) is 3.49. The van der Waals surface area contributed by atoms with E-state index >= 15 is 0 Å². The van der Waals surface area contributed by atoms with Crippen molar-refractivity contribution in [3.05, 3.63) is 180 Å². The summed E-state index contributed by atoms with van der Waals surface area (Å²) in [6.45, 7) is 0. The molecule has 8 aromatic rings. The summed E-state index contributed by atoms with van der Waals surface area (Å²) in [6, 6.07) is 59.9. The van der Waals surface area contributed by atoms with Gasteiger partial charge in [0.25, 0.3) is 0 Å². The molecule has 1 aliphatic carbocycles. The first-order valence-corrected chi connectivity index (χ1v) is 14.8. The lowest BCUT2D eigenvalue weighted by Crippen LogP contribution is -2.13. The van der Waals surface area contributed by atoms with Gasteiger partial charge >= 0.3 is 0 Å². The van der Waals surface area contributed by atoms with E-state index in [0.717, 1.165) is 0 Å². The van der Waals surface area contributed by atoms with E-state index in [0.29, 0.717) is 0 Å². The summed E-state index contributed by atoms with van der Waals surface area (Å²) < 4.78 is 0. The van der Waals surface area contributed by atoms with E-state index in [2.05, 4.69) is 158 Å². The Balaban J connectivity index is 1.41. The number of hydrogen-bond donors (Lipinski definition) is 0. The minimum atomic E-state index is 0.109. The van der Waals surface area contributed by atoms with Crippen LogP contribution in [0.1, 0.15) is 34.1 Å². The molecule has 0 fully saturated rings. The van der Waals surface area contributed by atoms with Gasteiger partial charge in [0.05, 0.1) is 0 Å². The fourth-order valence-electron chi connectivity index (χ4n) is 7.52. The summed E-state index contributed by atoms with van der Waals surface area (Å²) >= 11 is 0. The van der Waals surface area contributed by atoms with Crippen molar-refractivity contribution in [3.63, 3.8) is 0 Å². The zero-order valence-electron chi connectivity index (χ0n) is 23.1. The van der Waals surface area contributed by atoms with Gasteiger partial charge in [0.2, 0.25) is 0 Å². The lowest BCUT2D eigenvalue weighted by Gasteiger charge is -2.29. The van der Waals surface area contributed by atoms with E-state index in [-0.39, 0.29) is 11.8 Å². The molecule has 1 atom stereocenters. The third-order valence-electron chi connectivity index (χ3n) is 9.35. The Morgan fingerprint density at radius 1 is 0.429 bits per heavy atom. The van der Waals surface area contributed by atoms with Crippen LogP contribution >= 0.6 is 0 Å². The quantitative estimate of drug-likeness (QED) is 0.199. The van der Waals surface area contributed by atoms with Crippen LogP contribution in [-0.4, -0.2) is 0 Å². The molecule has 0 N–H and O–H groups in total. The molecule has 0 bridgehead atoms. The summed E-state index contributed by atoms with van der Waals surface area (Å²) in [6.07, 6.45) is 0. The van der Waals surface area contributed by atoms with Gasteiger partial charge in [-0.25, -0.2) is 0 Å². The summed E-state index contributed by atoms with van der Waals surface area (Å²) in [5.74, 6) is 0.278. The molecular formula is C42H27. The first kappa shape index (κ1) is 23.5. The Hall–Kier alpha value is -5.20. The summed E-state index contributed by atoms with van der Waals surface area (Å²) in [5.41, 5.74) is 8.03. The van der Waals surface area contributed by atoms with E-state index in [4.69, 9.17) is 0 Å². The Kier molecular flexibility index (Phi) is 5.12. The number of hydrogen-bond acceptors (Lipinski definition) is 0. The normalized spacial score (nSPS) is 12.9. The van der Waals surface area contributed by atoms with Gasteiger partial charge in [-0.1, -0.05) is 127 Å². The molecule has 9 rings (SSSR count). The average Bonchev–Trinajstić information content (AvgIpc) is 3.37. The van der Waals surface area contributed by atoms with Gasteiger partial charge in [-0.05, 0) is 107 Å². The van der Waals surface area contributed by atoms with Crippen molar-refractivity contribution in [2.24, 2.45) is 0 Å². The zero-order chi connectivity index (χ0) is 27.6. The van der Waals surface area contributed by atoms with Crippen molar-refractivity contribution >= 4 is 43.1 Å². The first-order chi connectivity index (χ1) is 20.8. The van der Waals surface area contributed by atoms with Gasteiger partial charge in [-0.3, -0.25) is 0 Å². The smallest absolute Gasteiger partial charge is 0.0212 e. The highest BCUT2D eigenvalue weighted by molar-refractivity contribution is 6.02. The van der Waals surface area contributed by atoms with Gasteiger partial charge in [-0.15, -0.1) is 0 Å². The molecule has 195 valence electrons. The van der Waals surface area contributed by atoms with Crippen molar-refractivity contribution in [3.8, 4) is 11.1 Å². The Morgan fingerprint density at radius 2 is 0.929 bits per heavy atom. The van der Waals surface area contributed by atoms with Gasteiger partial charge < -0.3 is 0 Å². The predicted molar refractivity (Wildman–Crippen MR) is 177 cm³/mol. The molecule has 1 aliphatic rings. The van der Waals surface area contributed by atoms with Crippen LogP contribution in [-0.2, 0) is 0 Å². The molecule has 0 heterocycles. The van der Waals surface area contributed by atoms with Crippen LogP contribution in [0.5, 0.6) is 0 Å². The second-order valence-corrected chi connectivity index (χ2v) is 11.6. The molecule has 0 amide bonds. The molecule has 0 saturated heterocycles. The maximum absolute atomic E-state index is 3.62. The maximum Gasteiger partial charge on any atom is 0.0212 e. The number of benzene rings is 8. The van der Waals surface area contributed by atoms with Crippen LogP contribution in [0.3, 0.4) is 0 Å². The largest absolute Gasteiger partial charge is 0.0619 e. The van der Waals surface area contributed by atoms with Crippen LogP contribution < -0.4 is 0 Å². The monoisotopic (exact) mass is 531 g/mol. The highest BCUT2D eigenvalue weighted by Gasteiger charge is 2.37. The summed E-state index contributed by atoms with van der Waals surface area (Å²) in [4.78, 5) is 0. The van der Waals surface area contributed by atoms with E-state index in [1.807, 2.05) is 0 Å². The lowest BCUT2D eigenvalue weighted by molar-refractivity contribution is 0.718. The van der Waals surface area contributed by atoms with Crippen molar-refractivity contribution in [2.45, 2.75) is 11.8 Å². The molecular weight excluding hydrogens is 504 g/mol. The molecule has 0 saturated carbocycles. The molecule has 42 heavy (non-hydrogen) atoms.